The lowest BCUT2D eigenvalue weighted by atomic mass is 9.83. The molecule has 1 unspecified atom stereocenters. The van der Waals surface area contributed by atoms with Gasteiger partial charge in [0.25, 0.3) is 0 Å². The Morgan fingerprint density at radius 2 is 0.891 bits per heavy atom. The molecule has 0 amide bonds. The van der Waals surface area contributed by atoms with Gasteiger partial charge in [-0.05, 0) is 146 Å². The van der Waals surface area contributed by atoms with Crippen LogP contribution in [0.15, 0.2) is 224 Å². The third-order valence-electron chi connectivity index (χ3n) is 13.4. The third-order valence-corrected chi connectivity index (χ3v) is 15.9. The van der Waals surface area contributed by atoms with Gasteiger partial charge in [0, 0.05) is 19.9 Å². The van der Waals surface area contributed by atoms with Gasteiger partial charge in [0.05, 0.1) is 0 Å². The molecule has 0 fully saturated rings. The highest BCUT2D eigenvalue weighted by Gasteiger charge is 2.23. The summed E-state index contributed by atoms with van der Waals surface area (Å²) in [5, 5.41) is 13.3. The van der Waals surface area contributed by atoms with E-state index in [2.05, 4.69) is 224 Å². The predicted octanol–water partition coefficient (Wildman–Crippen LogP) is 18.5. The van der Waals surface area contributed by atoms with Gasteiger partial charge in [-0.2, -0.15) is 0 Å². The number of hydrogen-bond donors (Lipinski definition) is 0. The summed E-state index contributed by atoms with van der Waals surface area (Å²) < 4.78 is 0. The Morgan fingerprint density at radius 3 is 1.66 bits per heavy atom. The second kappa shape index (κ2) is 15.2. The first-order valence-corrected chi connectivity index (χ1v) is 23.9. The summed E-state index contributed by atoms with van der Waals surface area (Å²) in [4.78, 5) is 3.91. The van der Waals surface area contributed by atoms with E-state index < -0.39 is 0 Å². The second-order valence-electron chi connectivity index (χ2n) is 17.0. The minimum absolute atomic E-state index is 0.434. The van der Waals surface area contributed by atoms with Crippen molar-refractivity contribution in [3.05, 3.63) is 236 Å². The van der Waals surface area contributed by atoms with Crippen molar-refractivity contribution in [2.75, 3.05) is 0 Å². The average Bonchev–Trinajstić information content (AvgIpc) is 4.08. The predicted molar refractivity (Wildman–Crippen MR) is 280 cm³/mol. The van der Waals surface area contributed by atoms with Gasteiger partial charge < -0.3 is 0 Å². The highest BCUT2D eigenvalue weighted by atomic mass is 32.2. The Bertz CT molecular complexity index is 3760. The van der Waals surface area contributed by atoms with Crippen LogP contribution in [0.5, 0.6) is 0 Å². The molecule has 2 heteroatoms. The van der Waals surface area contributed by atoms with Gasteiger partial charge in [0.15, 0.2) is 0 Å². The third kappa shape index (κ3) is 6.20. The molecule has 0 radical (unpaired) electrons. The highest BCUT2D eigenvalue weighted by molar-refractivity contribution is 8.08. The van der Waals surface area contributed by atoms with E-state index in [1.165, 1.54) is 124 Å². The lowest BCUT2D eigenvalue weighted by Crippen LogP contribution is -1.93. The van der Waals surface area contributed by atoms with Crippen LogP contribution >= 0.6 is 23.1 Å². The van der Waals surface area contributed by atoms with Crippen LogP contribution < -0.4 is 0 Å². The largest absolute Gasteiger partial charge is 0.135 e. The summed E-state index contributed by atoms with van der Waals surface area (Å²) in [6.45, 7) is 0. The fourth-order valence-electron chi connectivity index (χ4n) is 10.4. The van der Waals surface area contributed by atoms with Crippen molar-refractivity contribution in [2.45, 2.75) is 11.7 Å². The molecule has 13 rings (SSSR count). The van der Waals surface area contributed by atoms with E-state index in [9.17, 15) is 0 Å². The lowest BCUT2D eigenvalue weighted by Gasteiger charge is -2.20. The average molecular weight is 849 g/mol. The zero-order valence-corrected chi connectivity index (χ0v) is 36.6. The molecule has 1 atom stereocenters. The fourth-order valence-corrected chi connectivity index (χ4v) is 12.6. The molecule has 1 aliphatic rings. The number of thioether (sulfide) groups is 1. The maximum Gasteiger partial charge on any atom is 0.0379 e. The van der Waals surface area contributed by atoms with Crippen molar-refractivity contribution in [3.8, 4) is 54.3 Å². The molecule has 0 bridgehead atoms. The quantitative estimate of drug-likeness (QED) is 0.114. The molecule has 64 heavy (non-hydrogen) atoms. The Labute approximate surface area is 381 Å². The van der Waals surface area contributed by atoms with E-state index in [1.807, 2.05) is 23.1 Å². The van der Waals surface area contributed by atoms with Crippen molar-refractivity contribution in [2.24, 2.45) is 0 Å². The summed E-state index contributed by atoms with van der Waals surface area (Å²) in [5.41, 5.74) is 12.7. The molecule has 0 saturated carbocycles. The zero-order chi connectivity index (χ0) is 42.1. The van der Waals surface area contributed by atoms with E-state index in [1.54, 1.807) is 0 Å². The van der Waals surface area contributed by atoms with Crippen LogP contribution in [0.4, 0.5) is 0 Å². The van der Waals surface area contributed by atoms with E-state index in [4.69, 9.17) is 0 Å². The molecule has 12 aromatic rings. The van der Waals surface area contributed by atoms with Gasteiger partial charge in [-0.3, -0.25) is 0 Å². The Balaban J connectivity index is 1.02. The van der Waals surface area contributed by atoms with Crippen molar-refractivity contribution in [3.63, 3.8) is 0 Å². The van der Waals surface area contributed by atoms with Crippen LogP contribution in [0, 0.1) is 0 Å². The van der Waals surface area contributed by atoms with Crippen LogP contribution in [0.2, 0.25) is 0 Å². The number of fused-ring (bicyclic) bond motifs is 2. The number of hydrogen-bond acceptors (Lipinski definition) is 2. The standard InChI is InChI=1S/C62H40S2/c1-3-12-39(13-4-1)55-32-34-57(63-55)45-18-10-20-47(36-45)60-50-22-7-8-23-51(50)61(48-21-11-19-46(37-48)58-35-33-56(64-58)40-14-5-2-6-15-40)54-38-44(28-31-53(54)60)49-29-26-43-25-24-41-16-9-17-42-27-30-52(49)62(43)59(41)42/h1-32,34-38,56H,33H2. The summed E-state index contributed by atoms with van der Waals surface area (Å²) in [5.74, 6) is 0. The molecule has 1 aromatic heterocycles. The van der Waals surface area contributed by atoms with Gasteiger partial charge in [-0.1, -0.05) is 194 Å². The van der Waals surface area contributed by atoms with E-state index in [-0.39, 0.29) is 0 Å². The molecular weight excluding hydrogens is 809 g/mol. The molecule has 2 heterocycles. The number of thiophene rings is 1. The van der Waals surface area contributed by atoms with Crippen LogP contribution in [-0.4, -0.2) is 0 Å². The van der Waals surface area contributed by atoms with Crippen LogP contribution in [-0.2, 0) is 0 Å². The van der Waals surface area contributed by atoms with E-state index in [0.29, 0.717) is 5.25 Å². The van der Waals surface area contributed by atoms with Gasteiger partial charge >= 0.3 is 0 Å². The molecule has 0 N–H and O–H groups in total. The fraction of sp³-hybridized carbons (Fsp3) is 0.0323. The second-order valence-corrected chi connectivity index (χ2v) is 19.4. The van der Waals surface area contributed by atoms with Crippen molar-refractivity contribution in [1.29, 1.82) is 0 Å². The molecular formula is C62H40S2. The first-order chi connectivity index (χ1) is 31.7. The van der Waals surface area contributed by atoms with Gasteiger partial charge in [0.2, 0.25) is 0 Å². The SMILES string of the molecule is C1=C(c2cccc(-c3c4ccccc4c(-c4cccc(-c5ccc(-c6ccccc6)s5)c4)c4ccc(-c5ccc6ccc7cccc8ccc5c6c78)cc34)c2)SC(c2ccccc2)C1. The van der Waals surface area contributed by atoms with Crippen molar-refractivity contribution >= 4 is 81.9 Å². The first kappa shape index (κ1) is 37.3. The molecule has 0 saturated heterocycles. The number of benzene rings is 11. The number of rotatable bonds is 7. The maximum absolute atomic E-state index is 2.49. The molecule has 0 spiro atoms. The van der Waals surface area contributed by atoms with Crippen LogP contribution in [0.25, 0.3) is 113 Å². The molecule has 0 nitrogen and oxygen atoms in total. The monoisotopic (exact) mass is 848 g/mol. The summed E-state index contributed by atoms with van der Waals surface area (Å²) in [6, 6.07) is 81.6. The molecule has 0 aliphatic carbocycles. The van der Waals surface area contributed by atoms with Crippen molar-refractivity contribution < 1.29 is 0 Å². The summed E-state index contributed by atoms with van der Waals surface area (Å²) in [6.07, 6.45) is 3.48. The van der Waals surface area contributed by atoms with Crippen LogP contribution in [0.1, 0.15) is 22.8 Å². The maximum atomic E-state index is 2.49. The summed E-state index contributed by atoms with van der Waals surface area (Å²) >= 11 is 3.85. The molecule has 300 valence electrons. The Hall–Kier alpha value is -7.23. The molecule has 11 aromatic carbocycles. The minimum Gasteiger partial charge on any atom is -0.135 e. The Kier molecular flexibility index (Phi) is 8.89. The summed E-state index contributed by atoms with van der Waals surface area (Å²) in [7, 11) is 0. The topological polar surface area (TPSA) is 0 Å². The first-order valence-electron chi connectivity index (χ1n) is 22.2. The minimum atomic E-state index is 0.434. The van der Waals surface area contributed by atoms with Gasteiger partial charge in [0.1, 0.15) is 0 Å². The normalized spacial score (nSPS) is 14.1. The number of allylic oxidation sites excluding steroid dienone is 1. The lowest BCUT2D eigenvalue weighted by molar-refractivity contribution is 0.991. The van der Waals surface area contributed by atoms with Crippen molar-refractivity contribution in [1.82, 2.24) is 0 Å². The van der Waals surface area contributed by atoms with E-state index in [0.717, 1.165) is 6.42 Å². The van der Waals surface area contributed by atoms with Crippen LogP contribution in [0.3, 0.4) is 0 Å². The smallest absolute Gasteiger partial charge is 0.0379 e. The van der Waals surface area contributed by atoms with Gasteiger partial charge in [-0.25, -0.2) is 0 Å². The van der Waals surface area contributed by atoms with E-state index >= 15 is 0 Å². The zero-order valence-electron chi connectivity index (χ0n) is 35.0. The van der Waals surface area contributed by atoms with Gasteiger partial charge in [-0.15, -0.1) is 23.1 Å². The Morgan fingerprint density at radius 1 is 0.344 bits per heavy atom. The molecule has 1 aliphatic heterocycles. The highest BCUT2D eigenvalue weighted by Crippen LogP contribution is 2.51.